The molecule has 1 aromatic heterocycles. The zero-order chi connectivity index (χ0) is 13.0. The Labute approximate surface area is 121 Å². The first-order chi connectivity index (χ1) is 8.70. The Morgan fingerprint density at radius 3 is 2.72 bits per heavy atom. The van der Waals surface area contributed by atoms with Crippen molar-refractivity contribution < 1.29 is 0 Å². The van der Waals surface area contributed by atoms with E-state index < -0.39 is 0 Å². The molecule has 0 radical (unpaired) electrons. The molecule has 18 heavy (non-hydrogen) atoms. The highest BCUT2D eigenvalue weighted by Crippen LogP contribution is 2.37. The van der Waals surface area contributed by atoms with Gasteiger partial charge < -0.3 is 5.73 Å². The summed E-state index contributed by atoms with van der Waals surface area (Å²) in [7, 11) is 0. The maximum absolute atomic E-state index is 6.09. The minimum atomic E-state index is 0.0936. The van der Waals surface area contributed by atoms with E-state index >= 15 is 0 Å². The van der Waals surface area contributed by atoms with E-state index in [1.807, 2.05) is 36.4 Å². The molecule has 0 aliphatic carbocycles. The zero-order valence-electron chi connectivity index (χ0n) is 9.51. The molecule has 2 nitrogen and oxygen atoms in total. The summed E-state index contributed by atoms with van der Waals surface area (Å²) in [6, 6.07) is 11.3. The molecule has 0 aliphatic rings. The summed E-state index contributed by atoms with van der Waals surface area (Å²) in [6.07, 6.45) is 1.72. The number of benzene rings is 1. The Kier molecular flexibility index (Phi) is 4.89. The van der Waals surface area contributed by atoms with Gasteiger partial charge in [-0.15, -0.1) is 0 Å². The Morgan fingerprint density at radius 2 is 2.06 bits per heavy atom. The predicted octanol–water partition coefficient (Wildman–Crippen LogP) is 4.18. The van der Waals surface area contributed by atoms with Crippen LogP contribution in [-0.4, -0.2) is 11.5 Å². The molecule has 0 fully saturated rings. The van der Waals surface area contributed by atoms with E-state index in [9.17, 15) is 0 Å². The van der Waals surface area contributed by atoms with Crippen molar-refractivity contribution in [2.45, 2.75) is 10.3 Å². The molecule has 0 saturated carbocycles. The van der Waals surface area contributed by atoms with Crippen LogP contribution in [0.2, 0.25) is 10.0 Å². The standard InChI is InChI=1S/C13H12Cl2N2S/c14-10-4-1-3-9(7-10)12(8-16)18-13-11(15)5-2-6-17-13/h1-7,12H,8,16H2. The van der Waals surface area contributed by atoms with Crippen LogP contribution in [0.4, 0.5) is 0 Å². The molecule has 1 atom stereocenters. The lowest BCUT2D eigenvalue weighted by atomic mass is 10.1. The van der Waals surface area contributed by atoms with Crippen LogP contribution >= 0.6 is 35.0 Å². The molecule has 1 unspecified atom stereocenters. The van der Waals surface area contributed by atoms with E-state index in [2.05, 4.69) is 4.98 Å². The summed E-state index contributed by atoms with van der Waals surface area (Å²) in [5, 5.41) is 2.23. The third-order valence-electron chi connectivity index (χ3n) is 2.41. The molecule has 0 spiro atoms. The van der Waals surface area contributed by atoms with Gasteiger partial charge in [0.15, 0.2) is 0 Å². The number of halogens is 2. The van der Waals surface area contributed by atoms with E-state index in [0.29, 0.717) is 16.6 Å². The highest BCUT2D eigenvalue weighted by atomic mass is 35.5. The Balaban J connectivity index is 2.23. The number of hydrogen-bond acceptors (Lipinski definition) is 3. The van der Waals surface area contributed by atoms with Gasteiger partial charge in [0.05, 0.1) is 5.02 Å². The molecule has 0 saturated heterocycles. The molecule has 0 aliphatic heterocycles. The minimum Gasteiger partial charge on any atom is -0.329 e. The van der Waals surface area contributed by atoms with Gasteiger partial charge in [0.25, 0.3) is 0 Å². The number of hydrogen-bond donors (Lipinski definition) is 1. The van der Waals surface area contributed by atoms with Crippen LogP contribution in [0.3, 0.4) is 0 Å². The van der Waals surface area contributed by atoms with Gasteiger partial charge in [0, 0.05) is 23.0 Å². The van der Waals surface area contributed by atoms with Crippen molar-refractivity contribution in [3.8, 4) is 0 Å². The normalized spacial score (nSPS) is 12.4. The second kappa shape index (κ2) is 6.43. The van der Waals surface area contributed by atoms with E-state index in [1.165, 1.54) is 0 Å². The summed E-state index contributed by atoms with van der Waals surface area (Å²) < 4.78 is 0. The van der Waals surface area contributed by atoms with E-state index in [0.717, 1.165) is 10.6 Å². The van der Waals surface area contributed by atoms with Gasteiger partial charge in [0.2, 0.25) is 0 Å². The van der Waals surface area contributed by atoms with Crippen molar-refractivity contribution >= 4 is 35.0 Å². The van der Waals surface area contributed by atoms with E-state index in [4.69, 9.17) is 28.9 Å². The van der Waals surface area contributed by atoms with Gasteiger partial charge >= 0.3 is 0 Å². The van der Waals surface area contributed by atoms with Crippen LogP contribution in [0, 0.1) is 0 Å². The number of rotatable bonds is 4. The third kappa shape index (κ3) is 3.39. The topological polar surface area (TPSA) is 38.9 Å². The fourth-order valence-electron chi connectivity index (χ4n) is 1.55. The van der Waals surface area contributed by atoms with E-state index in [1.54, 1.807) is 18.0 Å². The van der Waals surface area contributed by atoms with Crippen LogP contribution in [0.25, 0.3) is 0 Å². The minimum absolute atomic E-state index is 0.0936. The maximum atomic E-state index is 6.09. The number of nitrogens with zero attached hydrogens (tertiary/aromatic N) is 1. The molecule has 1 aromatic carbocycles. The Bertz CT molecular complexity index is 534. The summed E-state index contributed by atoms with van der Waals surface area (Å²) >= 11 is 13.6. The largest absolute Gasteiger partial charge is 0.329 e. The Hall–Kier alpha value is -0.740. The smallest absolute Gasteiger partial charge is 0.115 e. The Morgan fingerprint density at radius 1 is 1.22 bits per heavy atom. The predicted molar refractivity (Wildman–Crippen MR) is 78.4 cm³/mol. The quantitative estimate of drug-likeness (QED) is 0.861. The number of thioether (sulfide) groups is 1. The zero-order valence-corrected chi connectivity index (χ0v) is 11.8. The molecule has 2 rings (SSSR count). The van der Waals surface area contributed by atoms with Crippen molar-refractivity contribution in [3.63, 3.8) is 0 Å². The van der Waals surface area contributed by atoms with Gasteiger partial charge in [-0.1, -0.05) is 47.1 Å². The average Bonchev–Trinajstić information content (AvgIpc) is 2.38. The van der Waals surface area contributed by atoms with Gasteiger partial charge in [0.1, 0.15) is 5.03 Å². The molecule has 5 heteroatoms. The molecule has 0 bridgehead atoms. The number of nitrogens with two attached hydrogens (primary N) is 1. The van der Waals surface area contributed by atoms with Crippen LogP contribution in [0.1, 0.15) is 10.8 Å². The third-order valence-corrected chi connectivity index (χ3v) is 4.36. The van der Waals surface area contributed by atoms with Crippen molar-refractivity contribution in [1.29, 1.82) is 0 Å². The molecular formula is C13H12Cl2N2S. The lowest BCUT2D eigenvalue weighted by Crippen LogP contribution is -2.09. The summed E-state index contributed by atoms with van der Waals surface area (Å²) in [5.74, 6) is 0. The van der Waals surface area contributed by atoms with Crippen LogP contribution in [0.5, 0.6) is 0 Å². The fraction of sp³-hybridized carbons (Fsp3) is 0.154. The van der Waals surface area contributed by atoms with Crippen molar-refractivity contribution in [2.75, 3.05) is 6.54 Å². The van der Waals surface area contributed by atoms with Crippen LogP contribution in [0.15, 0.2) is 47.6 Å². The SMILES string of the molecule is NCC(Sc1ncccc1Cl)c1cccc(Cl)c1. The molecule has 2 N–H and O–H groups in total. The molecule has 0 amide bonds. The van der Waals surface area contributed by atoms with Crippen molar-refractivity contribution in [3.05, 3.63) is 58.2 Å². The lowest BCUT2D eigenvalue weighted by molar-refractivity contribution is 0.935. The highest BCUT2D eigenvalue weighted by molar-refractivity contribution is 7.99. The van der Waals surface area contributed by atoms with Gasteiger partial charge in [-0.05, 0) is 29.8 Å². The van der Waals surface area contributed by atoms with Crippen LogP contribution < -0.4 is 5.73 Å². The fourth-order valence-corrected chi connectivity index (χ4v) is 2.96. The second-order valence-corrected chi connectivity index (χ2v) is 5.72. The average molecular weight is 299 g/mol. The summed E-state index contributed by atoms with van der Waals surface area (Å²) in [5.41, 5.74) is 6.90. The first kappa shape index (κ1) is 13.7. The van der Waals surface area contributed by atoms with Crippen molar-refractivity contribution in [2.24, 2.45) is 5.73 Å². The first-order valence-corrected chi connectivity index (χ1v) is 7.07. The van der Waals surface area contributed by atoms with Gasteiger partial charge in [-0.3, -0.25) is 0 Å². The monoisotopic (exact) mass is 298 g/mol. The number of pyridine rings is 1. The van der Waals surface area contributed by atoms with Gasteiger partial charge in [-0.25, -0.2) is 4.98 Å². The van der Waals surface area contributed by atoms with Gasteiger partial charge in [-0.2, -0.15) is 0 Å². The van der Waals surface area contributed by atoms with Crippen LogP contribution in [-0.2, 0) is 0 Å². The second-order valence-electron chi connectivity index (χ2n) is 3.69. The molecule has 94 valence electrons. The molecule has 1 heterocycles. The van der Waals surface area contributed by atoms with Crippen molar-refractivity contribution in [1.82, 2.24) is 4.98 Å². The summed E-state index contributed by atoms with van der Waals surface area (Å²) in [4.78, 5) is 4.26. The lowest BCUT2D eigenvalue weighted by Gasteiger charge is -2.15. The summed E-state index contributed by atoms with van der Waals surface area (Å²) in [6.45, 7) is 0.498. The first-order valence-electron chi connectivity index (χ1n) is 5.43. The number of aromatic nitrogens is 1. The molecule has 2 aromatic rings. The van der Waals surface area contributed by atoms with E-state index in [-0.39, 0.29) is 5.25 Å². The maximum Gasteiger partial charge on any atom is 0.115 e. The molecular weight excluding hydrogens is 287 g/mol. The highest BCUT2D eigenvalue weighted by Gasteiger charge is 2.14.